The number of benzene rings is 1. The van der Waals surface area contributed by atoms with Gasteiger partial charge in [-0.2, -0.15) is 8.78 Å². The molecule has 26 heavy (non-hydrogen) atoms. The van der Waals surface area contributed by atoms with Crippen LogP contribution in [0.2, 0.25) is 15.1 Å². The van der Waals surface area contributed by atoms with Crippen molar-refractivity contribution in [2.24, 2.45) is 0 Å². The summed E-state index contributed by atoms with van der Waals surface area (Å²) in [5, 5.41) is 1.35. The topological polar surface area (TPSA) is 32.8 Å². The minimum Gasteiger partial charge on any atom is -0.464 e. The summed E-state index contributed by atoms with van der Waals surface area (Å²) in [5.74, 6) is -2.16. The molecule has 1 aromatic rings. The summed E-state index contributed by atoms with van der Waals surface area (Å²) in [5.41, 5.74) is 0.690. The lowest BCUT2D eigenvalue weighted by atomic mass is 10.2. The van der Waals surface area contributed by atoms with Gasteiger partial charge in [-0.15, -0.1) is 0 Å². The molecule has 1 aromatic carbocycles. The first-order chi connectivity index (χ1) is 12.3. The molecule has 1 fully saturated rings. The molecule has 2 rings (SSSR count). The maximum atomic E-state index is 12.6. The minimum atomic E-state index is -2.39. The highest BCUT2D eigenvalue weighted by molar-refractivity contribution is 6.41. The van der Waals surface area contributed by atoms with E-state index in [0.717, 1.165) is 0 Å². The van der Waals surface area contributed by atoms with Crippen LogP contribution in [0.15, 0.2) is 24.0 Å². The Labute approximate surface area is 164 Å². The fourth-order valence-corrected chi connectivity index (χ4v) is 3.60. The number of nitrogens with zero attached hydrogens (tertiary/aromatic N) is 2. The van der Waals surface area contributed by atoms with E-state index in [1.165, 1.54) is 0 Å². The summed E-state index contributed by atoms with van der Waals surface area (Å²) in [6, 6.07) is 3.23. The van der Waals surface area contributed by atoms with E-state index in [2.05, 4.69) is 0 Å². The van der Waals surface area contributed by atoms with Gasteiger partial charge in [-0.25, -0.2) is 4.39 Å². The SMILES string of the molecule is O=C(CN1CCN(c2c(Cl)cc(Cl)cc2Cl)CC1)OCCC(F)=C(F)F. The van der Waals surface area contributed by atoms with Crippen LogP contribution in [0.5, 0.6) is 0 Å². The van der Waals surface area contributed by atoms with Gasteiger partial charge < -0.3 is 9.64 Å². The zero-order chi connectivity index (χ0) is 19.3. The van der Waals surface area contributed by atoms with Gasteiger partial charge in [0.2, 0.25) is 0 Å². The van der Waals surface area contributed by atoms with E-state index in [1.807, 2.05) is 9.80 Å². The van der Waals surface area contributed by atoms with E-state index in [0.29, 0.717) is 46.9 Å². The summed E-state index contributed by atoms with van der Waals surface area (Å²) in [4.78, 5) is 15.5. The second-order valence-corrected chi connectivity index (χ2v) is 6.87. The van der Waals surface area contributed by atoms with Crippen molar-refractivity contribution in [2.75, 3.05) is 44.2 Å². The van der Waals surface area contributed by atoms with Crippen molar-refractivity contribution in [3.05, 3.63) is 39.1 Å². The van der Waals surface area contributed by atoms with Gasteiger partial charge in [0, 0.05) is 37.6 Å². The minimum absolute atomic E-state index is 0.000632. The molecule has 0 bridgehead atoms. The number of ether oxygens (including phenoxy) is 1. The first kappa shape index (κ1) is 21.2. The highest BCUT2D eigenvalue weighted by Gasteiger charge is 2.23. The number of carbonyl (C=O) groups excluding carboxylic acids is 1. The Hall–Kier alpha value is -1.15. The molecular weight excluding hydrogens is 416 g/mol. The molecule has 0 saturated carbocycles. The number of halogens is 6. The smallest absolute Gasteiger partial charge is 0.320 e. The molecule has 1 aliphatic rings. The molecule has 4 nitrogen and oxygen atoms in total. The zero-order valence-electron chi connectivity index (χ0n) is 13.6. The Kier molecular flexibility index (Phi) is 7.88. The Balaban J connectivity index is 1.80. The van der Waals surface area contributed by atoms with Crippen LogP contribution in [0.4, 0.5) is 18.9 Å². The molecule has 1 saturated heterocycles. The Morgan fingerprint density at radius 3 is 2.15 bits per heavy atom. The highest BCUT2D eigenvalue weighted by Crippen LogP contribution is 2.36. The third kappa shape index (κ3) is 5.94. The maximum absolute atomic E-state index is 12.6. The van der Waals surface area contributed by atoms with Crippen molar-refractivity contribution in [2.45, 2.75) is 6.42 Å². The first-order valence-electron chi connectivity index (χ1n) is 7.75. The van der Waals surface area contributed by atoms with Crippen molar-refractivity contribution in [1.29, 1.82) is 0 Å². The number of anilines is 1. The van der Waals surface area contributed by atoms with Crippen LogP contribution in [0.3, 0.4) is 0 Å². The summed E-state index contributed by atoms with van der Waals surface area (Å²) in [6.45, 7) is 1.85. The van der Waals surface area contributed by atoms with Crippen LogP contribution < -0.4 is 4.90 Å². The second-order valence-electron chi connectivity index (χ2n) is 5.62. The Morgan fingerprint density at radius 2 is 1.62 bits per heavy atom. The zero-order valence-corrected chi connectivity index (χ0v) is 15.9. The quantitative estimate of drug-likeness (QED) is 0.607. The molecular formula is C16H16Cl3F3N2O2. The van der Waals surface area contributed by atoms with Gasteiger partial charge in [-0.1, -0.05) is 34.8 Å². The summed E-state index contributed by atoms with van der Waals surface area (Å²) in [6.07, 6.45) is -3.02. The molecule has 10 heteroatoms. The largest absolute Gasteiger partial charge is 0.464 e. The van der Waals surface area contributed by atoms with E-state index in [-0.39, 0.29) is 6.54 Å². The summed E-state index contributed by atoms with van der Waals surface area (Å²) in [7, 11) is 0. The van der Waals surface area contributed by atoms with E-state index in [1.54, 1.807) is 12.1 Å². The lowest BCUT2D eigenvalue weighted by molar-refractivity contribution is -0.145. The normalized spacial score (nSPS) is 15.1. The molecule has 0 radical (unpaired) electrons. The standard InChI is InChI=1S/C16H16Cl3F3N2O2/c17-10-7-11(18)15(12(19)8-10)24-4-2-23(3-5-24)9-14(25)26-6-1-13(20)16(21)22/h7-8H,1-6,9H2. The van der Waals surface area contributed by atoms with Crippen molar-refractivity contribution in [3.63, 3.8) is 0 Å². The molecule has 0 aromatic heterocycles. The van der Waals surface area contributed by atoms with Crippen LogP contribution in [0, 0.1) is 0 Å². The molecule has 0 N–H and O–H groups in total. The fraction of sp³-hybridized carbons (Fsp3) is 0.438. The monoisotopic (exact) mass is 430 g/mol. The van der Waals surface area contributed by atoms with Crippen LogP contribution in [0.1, 0.15) is 6.42 Å². The Morgan fingerprint density at radius 1 is 1.04 bits per heavy atom. The van der Waals surface area contributed by atoms with Gasteiger partial charge in [0.25, 0.3) is 0 Å². The van der Waals surface area contributed by atoms with Gasteiger partial charge in [0.1, 0.15) is 0 Å². The van der Waals surface area contributed by atoms with E-state index < -0.39 is 30.9 Å². The molecule has 0 atom stereocenters. The van der Waals surface area contributed by atoms with Crippen LogP contribution in [-0.4, -0.2) is 50.2 Å². The molecule has 0 amide bonds. The molecule has 1 aliphatic heterocycles. The number of carbonyl (C=O) groups is 1. The molecule has 144 valence electrons. The second kappa shape index (κ2) is 9.69. The van der Waals surface area contributed by atoms with Crippen molar-refractivity contribution >= 4 is 46.5 Å². The van der Waals surface area contributed by atoms with Crippen molar-refractivity contribution < 1.29 is 22.7 Å². The van der Waals surface area contributed by atoms with Gasteiger partial charge in [0.15, 0.2) is 5.83 Å². The first-order valence-corrected chi connectivity index (χ1v) is 8.88. The van der Waals surface area contributed by atoms with E-state index in [9.17, 15) is 18.0 Å². The van der Waals surface area contributed by atoms with Gasteiger partial charge >= 0.3 is 12.0 Å². The number of rotatable bonds is 6. The van der Waals surface area contributed by atoms with Gasteiger partial charge in [-0.05, 0) is 12.1 Å². The number of hydrogen-bond donors (Lipinski definition) is 0. The summed E-state index contributed by atoms with van der Waals surface area (Å²) < 4.78 is 41.2. The van der Waals surface area contributed by atoms with Gasteiger partial charge in [0.05, 0.1) is 28.9 Å². The van der Waals surface area contributed by atoms with E-state index in [4.69, 9.17) is 39.5 Å². The van der Waals surface area contributed by atoms with Crippen LogP contribution in [-0.2, 0) is 9.53 Å². The van der Waals surface area contributed by atoms with Crippen molar-refractivity contribution in [1.82, 2.24) is 4.90 Å². The molecule has 1 heterocycles. The highest BCUT2D eigenvalue weighted by atomic mass is 35.5. The number of piperazine rings is 1. The molecule has 0 aliphatic carbocycles. The van der Waals surface area contributed by atoms with Crippen LogP contribution in [0.25, 0.3) is 0 Å². The van der Waals surface area contributed by atoms with E-state index >= 15 is 0 Å². The van der Waals surface area contributed by atoms with Crippen molar-refractivity contribution in [3.8, 4) is 0 Å². The lowest BCUT2D eigenvalue weighted by Crippen LogP contribution is -2.48. The molecule has 0 unspecified atom stereocenters. The average Bonchev–Trinajstić information content (AvgIpc) is 2.55. The third-order valence-corrected chi connectivity index (χ3v) is 4.61. The van der Waals surface area contributed by atoms with Crippen LogP contribution >= 0.6 is 34.8 Å². The fourth-order valence-electron chi connectivity index (χ4n) is 2.54. The van der Waals surface area contributed by atoms with Gasteiger partial charge in [-0.3, -0.25) is 9.69 Å². The summed E-state index contributed by atoms with van der Waals surface area (Å²) >= 11 is 18.3. The number of hydrogen-bond acceptors (Lipinski definition) is 4. The predicted octanol–water partition coefficient (Wildman–Crippen LogP) is 4.78. The third-order valence-electron chi connectivity index (χ3n) is 3.81. The average molecular weight is 432 g/mol. The predicted molar refractivity (Wildman–Crippen MR) is 96.1 cm³/mol. The Bertz CT molecular complexity index is 668. The lowest BCUT2D eigenvalue weighted by Gasteiger charge is -2.36. The number of esters is 1. The molecule has 0 spiro atoms. The maximum Gasteiger partial charge on any atom is 0.320 e.